The Morgan fingerprint density at radius 3 is 2.37 bits per heavy atom. The molecule has 0 atom stereocenters. The number of hydrogen-bond donors (Lipinski definition) is 1. The van der Waals surface area contributed by atoms with Gasteiger partial charge >= 0.3 is 0 Å². The van der Waals surface area contributed by atoms with E-state index < -0.39 is 0 Å². The highest BCUT2D eigenvalue weighted by molar-refractivity contribution is 14.0. The fourth-order valence-electron chi connectivity index (χ4n) is 3.32. The molecule has 3 rings (SSSR count). The van der Waals surface area contributed by atoms with Crippen molar-refractivity contribution in [1.82, 2.24) is 15.1 Å². The number of aliphatic imine (C=N–C) groups is 1. The lowest BCUT2D eigenvalue weighted by atomic mass is 10.1. The predicted molar refractivity (Wildman–Crippen MR) is 128 cm³/mol. The number of rotatable bonds is 5. The van der Waals surface area contributed by atoms with Crippen LogP contribution in [-0.2, 0) is 13.1 Å². The molecule has 5 nitrogen and oxygen atoms in total. The fourth-order valence-corrected chi connectivity index (χ4v) is 4.11. The van der Waals surface area contributed by atoms with Gasteiger partial charge in [-0.2, -0.15) is 0 Å². The Bertz CT molecular complexity index is 709. The molecule has 1 aromatic heterocycles. The maximum atomic E-state index is 4.51. The summed E-state index contributed by atoms with van der Waals surface area (Å²) in [7, 11) is 6.09. The monoisotopic (exact) mass is 499 g/mol. The number of nitrogens with one attached hydrogen (secondary N) is 1. The van der Waals surface area contributed by atoms with Crippen molar-refractivity contribution in [3.05, 3.63) is 52.9 Å². The van der Waals surface area contributed by atoms with E-state index in [1.165, 1.54) is 16.1 Å². The molecule has 0 spiro atoms. The van der Waals surface area contributed by atoms with Crippen LogP contribution in [0.25, 0.3) is 0 Å². The number of guanidine groups is 1. The minimum Gasteiger partial charge on any atom is -0.360 e. The van der Waals surface area contributed by atoms with Gasteiger partial charge in [0.15, 0.2) is 5.96 Å². The summed E-state index contributed by atoms with van der Waals surface area (Å²) < 4.78 is 0. The molecule has 27 heavy (non-hydrogen) atoms. The summed E-state index contributed by atoms with van der Waals surface area (Å²) >= 11 is 1.82. The molecule has 1 aromatic carbocycles. The number of hydrogen-bond acceptors (Lipinski definition) is 4. The molecule has 0 radical (unpaired) electrons. The molecule has 2 aromatic rings. The van der Waals surface area contributed by atoms with Crippen molar-refractivity contribution in [1.29, 1.82) is 0 Å². The molecule has 2 heterocycles. The van der Waals surface area contributed by atoms with Crippen LogP contribution in [-0.4, -0.2) is 63.1 Å². The summed E-state index contributed by atoms with van der Waals surface area (Å²) in [5.41, 5.74) is 2.70. The van der Waals surface area contributed by atoms with E-state index in [1.807, 2.05) is 18.4 Å². The van der Waals surface area contributed by atoms with Gasteiger partial charge in [-0.25, -0.2) is 0 Å². The van der Waals surface area contributed by atoms with Crippen molar-refractivity contribution in [2.45, 2.75) is 13.1 Å². The van der Waals surface area contributed by atoms with Crippen LogP contribution in [0, 0.1) is 0 Å². The molecule has 1 N–H and O–H groups in total. The topological polar surface area (TPSA) is 34.1 Å². The second-order valence-electron chi connectivity index (χ2n) is 6.83. The highest BCUT2D eigenvalue weighted by Crippen LogP contribution is 2.22. The Morgan fingerprint density at radius 1 is 1.07 bits per heavy atom. The van der Waals surface area contributed by atoms with Gasteiger partial charge in [0.25, 0.3) is 0 Å². The first-order chi connectivity index (χ1) is 12.7. The van der Waals surface area contributed by atoms with Gasteiger partial charge in [-0.05, 0) is 42.7 Å². The van der Waals surface area contributed by atoms with Crippen LogP contribution in [0.5, 0.6) is 0 Å². The van der Waals surface area contributed by atoms with Crippen LogP contribution in [0.3, 0.4) is 0 Å². The van der Waals surface area contributed by atoms with Crippen LogP contribution < -0.4 is 10.2 Å². The molecule has 1 aliphatic rings. The normalized spacial score (nSPS) is 15.0. The molecule has 1 saturated heterocycles. The number of halogens is 1. The Morgan fingerprint density at radius 2 is 1.78 bits per heavy atom. The van der Waals surface area contributed by atoms with Gasteiger partial charge in [-0.15, -0.1) is 35.3 Å². The average Bonchev–Trinajstić information content (AvgIpc) is 3.18. The van der Waals surface area contributed by atoms with Crippen molar-refractivity contribution in [3.63, 3.8) is 0 Å². The second kappa shape index (κ2) is 10.9. The predicted octanol–water partition coefficient (Wildman–Crippen LogP) is 3.33. The first-order valence-electron chi connectivity index (χ1n) is 9.13. The third-order valence-corrected chi connectivity index (χ3v) is 5.58. The quantitative estimate of drug-likeness (QED) is 0.389. The molecule has 0 aliphatic carbocycles. The lowest BCUT2D eigenvalue weighted by Gasteiger charge is -2.37. The fraction of sp³-hybridized carbons (Fsp3) is 0.450. The van der Waals surface area contributed by atoms with E-state index in [2.05, 4.69) is 80.9 Å². The zero-order chi connectivity index (χ0) is 18.4. The summed E-state index contributed by atoms with van der Waals surface area (Å²) in [5.74, 6) is 0.996. The molecule has 7 heteroatoms. The third-order valence-electron chi connectivity index (χ3n) is 4.65. The molecule has 148 valence electrons. The van der Waals surface area contributed by atoms with Gasteiger partial charge in [-0.1, -0.05) is 24.3 Å². The Balaban J connectivity index is 0.00000261. The van der Waals surface area contributed by atoms with Crippen LogP contribution >= 0.6 is 35.3 Å². The minimum absolute atomic E-state index is 0. The number of benzene rings is 1. The van der Waals surface area contributed by atoms with Crippen LogP contribution in [0.2, 0.25) is 0 Å². The SMILES string of the molecule is CN=C(NCc1ccccc1CN(C)C)N1CCN(c2cccs2)CC1.I. The first kappa shape index (κ1) is 22.0. The van der Waals surface area contributed by atoms with Crippen LogP contribution in [0.1, 0.15) is 11.1 Å². The Labute approximate surface area is 184 Å². The minimum atomic E-state index is 0. The van der Waals surface area contributed by atoms with E-state index in [-0.39, 0.29) is 24.0 Å². The molecule has 0 unspecified atom stereocenters. The molecule has 1 aliphatic heterocycles. The summed E-state index contributed by atoms with van der Waals surface area (Å²) in [6.45, 7) is 5.84. The summed E-state index contributed by atoms with van der Waals surface area (Å²) in [4.78, 5) is 11.5. The van der Waals surface area contributed by atoms with E-state index in [0.29, 0.717) is 0 Å². The summed E-state index contributed by atoms with van der Waals surface area (Å²) in [5, 5.41) is 7.07. The molecular weight excluding hydrogens is 469 g/mol. The molecular formula is C20H30IN5S. The standard InChI is InChI=1S/C20H29N5S.HI/c1-21-20(22-15-17-7-4-5-8-18(17)16-23(2)3)25-12-10-24(11-13-25)19-9-6-14-26-19;/h4-9,14H,10-13,15-16H2,1-3H3,(H,21,22);1H. The number of piperazine rings is 1. The van der Waals surface area contributed by atoms with Crippen molar-refractivity contribution >= 4 is 46.3 Å². The first-order valence-corrected chi connectivity index (χ1v) is 10.0. The van der Waals surface area contributed by atoms with Gasteiger partial charge in [0.05, 0.1) is 5.00 Å². The number of anilines is 1. The zero-order valence-electron chi connectivity index (χ0n) is 16.4. The smallest absolute Gasteiger partial charge is 0.194 e. The average molecular weight is 499 g/mol. The van der Waals surface area contributed by atoms with E-state index in [0.717, 1.165) is 45.2 Å². The van der Waals surface area contributed by atoms with E-state index >= 15 is 0 Å². The lowest BCUT2D eigenvalue weighted by molar-refractivity contribution is 0.372. The van der Waals surface area contributed by atoms with Gasteiger partial charge in [0.1, 0.15) is 0 Å². The molecule has 0 bridgehead atoms. The van der Waals surface area contributed by atoms with Crippen LogP contribution in [0.4, 0.5) is 5.00 Å². The van der Waals surface area contributed by atoms with Gasteiger partial charge in [0, 0.05) is 46.3 Å². The summed E-state index contributed by atoms with van der Waals surface area (Å²) in [6, 6.07) is 13.0. The summed E-state index contributed by atoms with van der Waals surface area (Å²) in [6.07, 6.45) is 0. The van der Waals surface area contributed by atoms with E-state index in [9.17, 15) is 0 Å². The second-order valence-corrected chi connectivity index (χ2v) is 7.76. The highest BCUT2D eigenvalue weighted by Gasteiger charge is 2.20. The van der Waals surface area contributed by atoms with Gasteiger partial charge in [-0.3, -0.25) is 4.99 Å². The molecule has 0 amide bonds. The number of nitrogens with zero attached hydrogens (tertiary/aromatic N) is 4. The zero-order valence-corrected chi connectivity index (χ0v) is 19.5. The maximum absolute atomic E-state index is 4.51. The Hall–Kier alpha value is -1.32. The molecule has 1 fully saturated rings. The maximum Gasteiger partial charge on any atom is 0.194 e. The van der Waals surface area contributed by atoms with E-state index in [1.54, 1.807) is 0 Å². The largest absolute Gasteiger partial charge is 0.360 e. The van der Waals surface area contributed by atoms with Crippen molar-refractivity contribution < 1.29 is 0 Å². The lowest BCUT2D eigenvalue weighted by Crippen LogP contribution is -2.52. The van der Waals surface area contributed by atoms with E-state index in [4.69, 9.17) is 0 Å². The Kier molecular flexibility index (Phi) is 8.85. The number of thiophene rings is 1. The highest BCUT2D eigenvalue weighted by atomic mass is 127. The van der Waals surface area contributed by atoms with Crippen molar-refractivity contribution in [3.8, 4) is 0 Å². The van der Waals surface area contributed by atoms with Crippen LogP contribution in [0.15, 0.2) is 46.8 Å². The molecule has 0 saturated carbocycles. The van der Waals surface area contributed by atoms with Gasteiger partial charge in [0.2, 0.25) is 0 Å². The third kappa shape index (κ3) is 6.08. The van der Waals surface area contributed by atoms with Crippen molar-refractivity contribution in [2.24, 2.45) is 4.99 Å². The van der Waals surface area contributed by atoms with Crippen molar-refractivity contribution in [2.75, 3.05) is 52.2 Å². The van der Waals surface area contributed by atoms with Gasteiger partial charge < -0.3 is 20.0 Å².